The third-order valence-electron chi connectivity index (χ3n) is 3.89. The third-order valence-corrected chi connectivity index (χ3v) is 3.89. The van der Waals surface area contributed by atoms with Crippen molar-refractivity contribution in [3.8, 4) is 0 Å². The summed E-state index contributed by atoms with van der Waals surface area (Å²) in [5.41, 5.74) is -0.452. The Bertz CT molecular complexity index is 654. The van der Waals surface area contributed by atoms with Gasteiger partial charge in [-0.3, -0.25) is 9.59 Å². The molecule has 1 aromatic rings. The highest BCUT2D eigenvalue weighted by atomic mass is 19.1. The Kier molecular flexibility index (Phi) is 2.93. The average Bonchev–Trinajstić information content (AvgIpc) is 3.18. The lowest BCUT2D eigenvalue weighted by molar-refractivity contribution is -0.143. The molecule has 7 heteroatoms. The zero-order valence-corrected chi connectivity index (χ0v) is 11.0. The molecule has 0 aromatic heterocycles. The minimum Gasteiger partial charge on any atom is -0.480 e. The molecule has 1 heterocycles. The third kappa shape index (κ3) is 2.35. The molecule has 6 nitrogen and oxygen atoms in total. The maximum Gasteiger partial charge on any atom is 0.329 e. The van der Waals surface area contributed by atoms with Gasteiger partial charge >= 0.3 is 5.97 Å². The van der Waals surface area contributed by atoms with E-state index in [1.807, 2.05) is 0 Å². The molecule has 2 aliphatic rings. The monoisotopic (exact) mass is 292 g/mol. The minimum absolute atomic E-state index is 0.0832. The highest BCUT2D eigenvalue weighted by Crippen LogP contribution is 2.38. The summed E-state index contributed by atoms with van der Waals surface area (Å²) in [7, 11) is 0. The summed E-state index contributed by atoms with van der Waals surface area (Å²) in [6.07, 6.45) is 0.673. The van der Waals surface area contributed by atoms with Crippen molar-refractivity contribution in [2.24, 2.45) is 0 Å². The van der Waals surface area contributed by atoms with Crippen LogP contribution in [0.3, 0.4) is 0 Å². The van der Waals surface area contributed by atoms with E-state index in [0.29, 0.717) is 18.4 Å². The molecule has 1 aromatic carbocycles. The lowest BCUT2D eigenvalue weighted by Crippen LogP contribution is -2.46. The molecule has 1 fully saturated rings. The number of carbonyl (C=O) groups excluding carboxylic acids is 2. The molecule has 1 aliphatic heterocycles. The Balaban J connectivity index is 1.87. The fourth-order valence-corrected chi connectivity index (χ4v) is 2.51. The van der Waals surface area contributed by atoms with E-state index in [1.165, 1.54) is 12.1 Å². The Morgan fingerprint density at radius 3 is 2.71 bits per heavy atom. The number of amides is 2. The summed E-state index contributed by atoms with van der Waals surface area (Å²) in [5.74, 6) is -3.30. The molecule has 1 atom stereocenters. The number of rotatable bonds is 3. The van der Waals surface area contributed by atoms with Crippen LogP contribution in [-0.4, -0.2) is 28.4 Å². The van der Waals surface area contributed by atoms with E-state index in [4.69, 9.17) is 5.11 Å². The van der Waals surface area contributed by atoms with Crippen LogP contribution in [0.4, 0.5) is 10.1 Å². The van der Waals surface area contributed by atoms with Crippen LogP contribution in [0.5, 0.6) is 0 Å². The van der Waals surface area contributed by atoms with Crippen molar-refractivity contribution in [2.45, 2.75) is 30.7 Å². The van der Waals surface area contributed by atoms with E-state index in [-0.39, 0.29) is 12.1 Å². The van der Waals surface area contributed by atoms with E-state index in [2.05, 4.69) is 10.6 Å². The molecule has 1 aliphatic carbocycles. The van der Waals surface area contributed by atoms with Gasteiger partial charge in [0.15, 0.2) is 0 Å². The van der Waals surface area contributed by atoms with Gasteiger partial charge in [-0.25, -0.2) is 9.18 Å². The Hall–Kier alpha value is -2.44. The predicted molar refractivity (Wildman–Crippen MR) is 70.1 cm³/mol. The first-order valence-corrected chi connectivity index (χ1v) is 6.56. The highest BCUT2D eigenvalue weighted by Gasteiger charge is 2.52. The number of anilines is 1. The van der Waals surface area contributed by atoms with Crippen LogP contribution in [0.1, 0.15) is 30.7 Å². The highest BCUT2D eigenvalue weighted by molar-refractivity contribution is 6.02. The molecule has 2 amide bonds. The van der Waals surface area contributed by atoms with Crippen LogP contribution in [-0.2, 0) is 14.4 Å². The molecule has 110 valence electrons. The SMILES string of the molecule is O=C1C[C@@H](C(=O)NC2(C(=O)O)CC2)c2ccc(F)cc2N1. The van der Waals surface area contributed by atoms with Crippen molar-refractivity contribution in [1.82, 2.24) is 5.32 Å². The quantitative estimate of drug-likeness (QED) is 0.774. The largest absolute Gasteiger partial charge is 0.480 e. The zero-order valence-electron chi connectivity index (χ0n) is 11.0. The van der Waals surface area contributed by atoms with Gasteiger partial charge in [0.2, 0.25) is 11.8 Å². The zero-order chi connectivity index (χ0) is 15.2. The van der Waals surface area contributed by atoms with Gasteiger partial charge in [-0.05, 0) is 30.5 Å². The number of hydrogen-bond acceptors (Lipinski definition) is 3. The van der Waals surface area contributed by atoms with E-state index in [9.17, 15) is 18.8 Å². The minimum atomic E-state index is -1.20. The van der Waals surface area contributed by atoms with E-state index in [0.717, 1.165) is 6.07 Å². The summed E-state index contributed by atoms with van der Waals surface area (Å²) in [5, 5.41) is 14.1. The van der Waals surface area contributed by atoms with Gasteiger partial charge in [0.1, 0.15) is 11.4 Å². The maximum atomic E-state index is 13.2. The molecular formula is C14H13FN2O4. The molecular weight excluding hydrogens is 279 g/mol. The van der Waals surface area contributed by atoms with Crippen LogP contribution in [0.25, 0.3) is 0 Å². The van der Waals surface area contributed by atoms with Gasteiger partial charge in [0.25, 0.3) is 0 Å². The molecule has 0 unspecified atom stereocenters. The Labute approximate surface area is 119 Å². The summed E-state index contributed by atoms with van der Waals surface area (Å²) in [6.45, 7) is 0. The number of carbonyl (C=O) groups is 3. The lowest BCUT2D eigenvalue weighted by Gasteiger charge is -2.26. The van der Waals surface area contributed by atoms with Gasteiger partial charge in [-0.2, -0.15) is 0 Å². The molecule has 3 rings (SSSR count). The number of carboxylic acids is 1. The van der Waals surface area contributed by atoms with Crippen molar-refractivity contribution in [3.05, 3.63) is 29.6 Å². The molecule has 1 saturated carbocycles. The van der Waals surface area contributed by atoms with Gasteiger partial charge < -0.3 is 15.7 Å². The number of benzene rings is 1. The normalized spacial score (nSPS) is 22.0. The van der Waals surface area contributed by atoms with Crippen LogP contribution in [0.15, 0.2) is 18.2 Å². The van der Waals surface area contributed by atoms with Gasteiger partial charge in [0.05, 0.1) is 5.92 Å². The number of nitrogens with one attached hydrogen (secondary N) is 2. The number of fused-ring (bicyclic) bond motifs is 1. The van der Waals surface area contributed by atoms with Crippen LogP contribution in [0, 0.1) is 5.82 Å². The Morgan fingerprint density at radius 1 is 1.38 bits per heavy atom. The van der Waals surface area contributed by atoms with Crippen molar-refractivity contribution in [1.29, 1.82) is 0 Å². The molecule has 3 N–H and O–H groups in total. The van der Waals surface area contributed by atoms with E-state index < -0.39 is 35.1 Å². The van der Waals surface area contributed by atoms with Crippen LogP contribution in [0.2, 0.25) is 0 Å². The second kappa shape index (κ2) is 4.54. The van der Waals surface area contributed by atoms with Crippen LogP contribution < -0.4 is 10.6 Å². The van der Waals surface area contributed by atoms with E-state index >= 15 is 0 Å². The number of aliphatic carboxylic acids is 1. The van der Waals surface area contributed by atoms with E-state index in [1.54, 1.807) is 0 Å². The van der Waals surface area contributed by atoms with Gasteiger partial charge in [0, 0.05) is 12.1 Å². The van der Waals surface area contributed by atoms with Crippen molar-refractivity contribution in [2.75, 3.05) is 5.32 Å². The summed E-state index contributed by atoms with van der Waals surface area (Å²) >= 11 is 0. The standard InChI is InChI=1S/C14H13FN2O4/c15-7-1-2-8-9(6-11(18)16-10(8)5-7)12(19)17-14(3-4-14)13(20)21/h1-2,5,9H,3-4,6H2,(H,16,18)(H,17,19)(H,20,21)/t9-/m1/s1. The van der Waals surface area contributed by atoms with Crippen molar-refractivity contribution < 1.29 is 23.9 Å². The predicted octanol–water partition coefficient (Wildman–Crippen LogP) is 0.985. The molecule has 0 saturated heterocycles. The van der Waals surface area contributed by atoms with Crippen molar-refractivity contribution in [3.63, 3.8) is 0 Å². The van der Waals surface area contributed by atoms with Gasteiger partial charge in [-0.1, -0.05) is 6.07 Å². The first-order valence-electron chi connectivity index (χ1n) is 6.56. The summed E-state index contributed by atoms with van der Waals surface area (Å²) in [4.78, 5) is 35.1. The smallest absolute Gasteiger partial charge is 0.329 e. The fourth-order valence-electron chi connectivity index (χ4n) is 2.51. The van der Waals surface area contributed by atoms with Crippen molar-refractivity contribution >= 4 is 23.5 Å². The molecule has 0 spiro atoms. The molecule has 0 radical (unpaired) electrons. The van der Waals surface area contributed by atoms with Gasteiger partial charge in [-0.15, -0.1) is 0 Å². The second-order valence-electron chi connectivity index (χ2n) is 5.41. The molecule has 21 heavy (non-hydrogen) atoms. The second-order valence-corrected chi connectivity index (χ2v) is 5.41. The fraction of sp³-hybridized carbons (Fsp3) is 0.357. The number of hydrogen-bond donors (Lipinski definition) is 3. The maximum absolute atomic E-state index is 13.2. The lowest BCUT2D eigenvalue weighted by atomic mass is 9.89. The average molecular weight is 292 g/mol. The van der Waals surface area contributed by atoms with Crippen LogP contribution >= 0.6 is 0 Å². The first-order chi connectivity index (χ1) is 9.91. The number of halogens is 1. The number of carboxylic acid groups (broad SMARTS) is 1. The molecule has 0 bridgehead atoms. The Morgan fingerprint density at radius 2 is 2.10 bits per heavy atom. The first kappa shape index (κ1) is 13.5. The summed E-state index contributed by atoms with van der Waals surface area (Å²) in [6, 6.07) is 3.80. The topological polar surface area (TPSA) is 95.5 Å². The summed E-state index contributed by atoms with van der Waals surface area (Å²) < 4.78 is 13.2.